The van der Waals surface area contributed by atoms with E-state index in [1.807, 2.05) is 13.8 Å². The first-order valence-corrected chi connectivity index (χ1v) is 9.37. The van der Waals surface area contributed by atoms with Crippen molar-refractivity contribution in [2.24, 2.45) is 0 Å². The number of hydrogen-bond acceptors (Lipinski definition) is 5. The number of hydrogen-bond donors (Lipinski definition) is 2. The van der Waals surface area contributed by atoms with Gasteiger partial charge in [-0.3, -0.25) is 9.36 Å². The molecule has 0 unspecified atom stereocenters. The molecular weight excluding hydrogens is 392 g/mol. The third kappa shape index (κ3) is 3.16. The Balaban J connectivity index is 1.71. The van der Waals surface area contributed by atoms with Crippen LogP contribution in [0.3, 0.4) is 0 Å². The minimum atomic E-state index is -0.972. The van der Waals surface area contributed by atoms with Crippen LogP contribution in [-0.4, -0.2) is 27.8 Å². The molecule has 7 nitrogen and oxygen atoms in total. The van der Waals surface area contributed by atoms with Gasteiger partial charge in [0.25, 0.3) is 5.91 Å². The highest BCUT2D eigenvalue weighted by Gasteiger charge is 2.37. The number of nitrogens with zero attached hydrogens (tertiary/aromatic N) is 3. The van der Waals surface area contributed by atoms with Gasteiger partial charge in [0.2, 0.25) is 0 Å². The normalized spacial score (nSPS) is 13.8. The van der Waals surface area contributed by atoms with Crippen LogP contribution >= 0.6 is 0 Å². The number of aromatic nitrogens is 3. The first kappa shape index (κ1) is 19.8. The van der Waals surface area contributed by atoms with Crippen LogP contribution in [0.15, 0.2) is 30.3 Å². The molecule has 1 aromatic heterocycles. The fraction of sp³-hybridized carbons (Fsp3) is 0.286. The van der Waals surface area contributed by atoms with Gasteiger partial charge in [-0.25, -0.2) is 8.78 Å². The molecule has 0 saturated carbocycles. The Kier molecular flexibility index (Phi) is 4.68. The van der Waals surface area contributed by atoms with Crippen LogP contribution in [0.25, 0.3) is 5.69 Å². The molecule has 0 aliphatic carbocycles. The van der Waals surface area contributed by atoms with Gasteiger partial charge in [-0.1, -0.05) is 12.1 Å². The number of rotatable bonds is 4. The van der Waals surface area contributed by atoms with E-state index in [1.165, 1.54) is 11.7 Å². The predicted octanol–water partition coefficient (Wildman–Crippen LogP) is 3.45. The maximum absolute atomic E-state index is 15.5. The Hall–Kier alpha value is -3.49. The van der Waals surface area contributed by atoms with Crippen molar-refractivity contribution < 1.29 is 18.3 Å². The molecule has 30 heavy (non-hydrogen) atoms. The SMILES string of the molecule is COc1cccc(CNC(=O)c2c(F)cc3c(c2F)-n2c(C)nnc2C(C)(C)N3)c1. The lowest BCUT2D eigenvalue weighted by molar-refractivity contribution is 0.0942. The van der Waals surface area contributed by atoms with E-state index in [2.05, 4.69) is 20.8 Å². The molecule has 1 aliphatic rings. The number of aryl methyl sites for hydroxylation is 1. The Morgan fingerprint density at radius 3 is 2.77 bits per heavy atom. The molecule has 1 amide bonds. The highest BCUT2D eigenvalue weighted by Crippen LogP contribution is 2.39. The van der Waals surface area contributed by atoms with E-state index in [-0.39, 0.29) is 17.9 Å². The van der Waals surface area contributed by atoms with Crippen molar-refractivity contribution in [3.63, 3.8) is 0 Å². The van der Waals surface area contributed by atoms with Crippen LogP contribution in [0.1, 0.15) is 41.4 Å². The molecule has 9 heteroatoms. The van der Waals surface area contributed by atoms with Crippen molar-refractivity contribution in [1.29, 1.82) is 0 Å². The fourth-order valence-electron chi connectivity index (χ4n) is 3.61. The monoisotopic (exact) mass is 413 g/mol. The molecular formula is C21H21F2N5O2. The first-order valence-electron chi connectivity index (χ1n) is 9.37. The topological polar surface area (TPSA) is 81.1 Å². The summed E-state index contributed by atoms with van der Waals surface area (Å²) in [5.41, 5.74) is -0.350. The van der Waals surface area contributed by atoms with Crippen molar-refractivity contribution in [2.75, 3.05) is 12.4 Å². The highest BCUT2D eigenvalue weighted by molar-refractivity contribution is 5.96. The molecule has 2 aromatic carbocycles. The van der Waals surface area contributed by atoms with Crippen molar-refractivity contribution in [3.05, 3.63) is 64.7 Å². The third-order valence-electron chi connectivity index (χ3n) is 5.06. The minimum absolute atomic E-state index is 0.0276. The molecule has 3 aromatic rings. The summed E-state index contributed by atoms with van der Waals surface area (Å²) >= 11 is 0. The molecule has 1 aliphatic heterocycles. The predicted molar refractivity (Wildman–Crippen MR) is 107 cm³/mol. The van der Waals surface area contributed by atoms with Gasteiger partial charge in [0.05, 0.1) is 18.3 Å². The van der Waals surface area contributed by atoms with Crippen molar-refractivity contribution in [3.8, 4) is 11.4 Å². The summed E-state index contributed by atoms with van der Waals surface area (Å²) in [6.45, 7) is 5.43. The number of anilines is 1. The summed E-state index contributed by atoms with van der Waals surface area (Å²) in [6, 6.07) is 8.18. The Morgan fingerprint density at radius 2 is 2.03 bits per heavy atom. The number of amides is 1. The Morgan fingerprint density at radius 1 is 1.27 bits per heavy atom. The number of nitrogens with one attached hydrogen (secondary N) is 2. The van der Waals surface area contributed by atoms with E-state index in [9.17, 15) is 9.18 Å². The highest BCUT2D eigenvalue weighted by atomic mass is 19.1. The zero-order chi connectivity index (χ0) is 21.6. The molecule has 0 bridgehead atoms. The molecule has 0 atom stereocenters. The quantitative estimate of drug-likeness (QED) is 0.685. The van der Waals surface area contributed by atoms with Gasteiger partial charge in [-0.15, -0.1) is 10.2 Å². The number of halogens is 2. The number of methoxy groups -OCH3 is 1. The van der Waals surface area contributed by atoms with Crippen LogP contribution < -0.4 is 15.4 Å². The van der Waals surface area contributed by atoms with E-state index in [0.717, 1.165) is 11.6 Å². The zero-order valence-electron chi connectivity index (χ0n) is 17.0. The Labute approximate surface area is 172 Å². The van der Waals surface area contributed by atoms with Gasteiger partial charge in [0, 0.05) is 12.6 Å². The van der Waals surface area contributed by atoms with Gasteiger partial charge >= 0.3 is 0 Å². The van der Waals surface area contributed by atoms with E-state index >= 15 is 4.39 Å². The lowest BCUT2D eigenvalue weighted by Gasteiger charge is -2.34. The number of ether oxygens (including phenoxy) is 1. The maximum atomic E-state index is 15.5. The van der Waals surface area contributed by atoms with Gasteiger partial charge in [0.15, 0.2) is 11.6 Å². The molecule has 0 spiro atoms. The molecule has 2 N–H and O–H groups in total. The second-order valence-electron chi connectivity index (χ2n) is 7.63. The summed E-state index contributed by atoms with van der Waals surface area (Å²) in [4.78, 5) is 12.7. The summed E-state index contributed by atoms with van der Waals surface area (Å²) in [5, 5.41) is 13.8. The molecule has 4 rings (SSSR count). The van der Waals surface area contributed by atoms with Crippen LogP contribution in [-0.2, 0) is 12.1 Å². The summed E-state index contributed by atoms with van der Waals surface area (Å²) in [5.74, 6) is -1.24. The lowest BCUT2D eigenvalue weighted by Crippen LogP contribution is -2.37. The summed E-state index contributed by atoms with van der Waals surface area (Å²) in [6.07, 6.45) is 0. The van der Waals surface area contributed by atoms with Gasteiger partial charge in [0.1, 0.15) is 28.6 Å². The standard InChI is InChI=1S/C21H21F2N5O2/c1-11-26-27-20-21(2,3)25-15-9-14(22)16(17(23)18(15)28(11)20)19(29)24-10-12-6-5-7-13(8-12)30-4/h5-9,25H,10H2,1-4H3,(H,24,29). The van der Waals surface area contributed by atoms with Gasteiger partial charge < -0.3 is 15.4 Å². The maximum Gasteiger partial charge on any atom is 0.257 e. The van der Waals surface area contributed by atoms with Gasteiger partial charge in [-0.2, -0.15) is 0 Å². The van der Waals surface area contributed by atoms with E-state index in [0.29, 0.717) is 17.4 Å². The van der Waals surface area contributed by atoms with E-state index in [4.69, 9.17) is 4.74 Å². The number of benzene rings is 2. The largest absolute Gasteiger partial charge is 0.497 e. The van der Waals surface area contributed by atoms with Crippen molar-refractivity contribution in [1.82, 2.24) is 20.1 Å². The fourth-order valence-corrected chi connectivity index (χ4v) is 3.61. The molecule has 0 saturated heterocycles. The second-order valence-corrected chi connectivity index (χ2v) is 7.63. The average molecular weight is 413 g/mol. The first-order chi connectivity index (χ1) is 14.2. The van der Waals surface area contributed by atoms with Crippen LogP contribution in [0, 0.1) is 18.6 Å². The number of carbonyl (C=O) groups is 1. The summed E-state index contributed by atoms with van der Waals surface area (Å²) < 4.78 is 36.9. The van der Waals surface area contributed by atoms with Crippen LogP contribution in [0.4, 0.5) is 14.5 Å². The number of fused-ring (bicyclic) bond motifs is 3. The Bertz CT molecular complexity index is 1160. The average Bonchev–Trinajstić information content (AvgIpc) is 3.08. The molecule has 2 heterocycles. The molecule has 0 fully saturated rings. The summed E-state index contributed by atoms with van der Waals surface area (Å²) in [7, 11) is 1.53. The molecule has 156 valence electrons. The van der Waals surface area contributed by atoms with Crippen molar-refractivity contribution >= 4 is 11.6 Å². The van der Waals surface area contributed by atoms with Crippen LogP contribution in [0.5, 0.6) is 5.75 Å². The zero-order valence-corrected chi connectivity index (χ0v) is 17.0. The van der Waals surface area contributed by atoms with Gasteiger partial charge in [-0.05, 0) is 38.5 Å². The van der Waals surface area contributed by atoms with E-state index < -0.39 is 28.6 Å². The van der Waals surface area contributed by atoms with E-state index in [1.54, 1.807) is 31.2 Å². The molecule has 0 radical (unpaired) electrons. The lowest BCUT2D eigenvalue weighted by atomic mass is 9.98. The smallest absolute Gasteiger partial charge is 0.257 e. The number of carbonyl (C=O) groups excluding carboxylic acids is 1. The minimum Gasteiger partial charge on any atom is -0.497 e. The second kappa shape index (κ2) is 7.08. The third-order valence-corrected chi connectivity index (χ3v) is 5.06. The van der Waals surface area contributed by atoms with Crippen molar-refractivity contribution in [2.45, 2.75) is 32.9 Å². The van der Waals surface area contributed by atoms with Crippen LogP contribution in [0.2, 0.25) is 0 Å².